The number of ketones is 1. The van der Waals surface area contributed by atoms with Crippen molar-refractivity contribution in [1.29, 1.82) is 0 Å². The Hall–Kier alpha value is -0.850. The number of allylic oxidation sites excluding steroid dienone is 4. The second-order valence-electron chi connectivity index (χ2n) is 3.43. The average molecular weight is 164 g/mol. The summed E-state index contributed by atoms with van der Waals surface area (Å²) in [5.41, 5.74) is 1.23. The lowest BCUT2D eigenvalue weighted by atomic mass is 9.87. The normalized spacial score (nSPS) is 24.7. The van der Waals surface area contributed by atoms with Crippen LogP contribution in [0.3, 0.4) is 0 Å². The summed E-state index contributed by atoms with van der Waals surface area (Å²) in [6, 6.07) is 0. The van der Waals surface area contributed by atoms with E-state index in [4.69, 9.17) is 0 Å². The van der Waals surface area contributed by atoms with Gasteiger partial charge in [-0.15, -0.1) is 0 Å². The number of rotatable bonds is 2. The molecule has 0 N–H and O–H groups in total. The molecule has 0 saturated carbocycles. The molecule has 1 atom stereocenters. The van der Waals surface area contributed by atoms with Crippen molar-refractivity contribution in [3.63, 3.8) is 0 Å². The van der Waals surface area contributed by atoms with Crippen molar-refractivity contribution in [2.24, 2.45) is 5.92 Å². The quantitative estimate of drug-likeness (QED) is 0.573. The highest BCUT2D eigenvalue weighted by molar-refractivity contribution is 5.93. The highest BCUT2D eigenvalue weighted by Crippen LogP contribution is 2.23. The summed E-state index contributed by atoms with van der Waals surface area (Å²) in [6.45, 7) is 4.03. The zero-order chi connectivity index (χ0) is 8.97. The van der Waals surface area contributed by atoms with Crippen molar-refractivity contribution >= 4 is 5.78 Å². The Kier molecular flexibility index (Phi) is 3.27. The molecule has 0 amide bonds. The zero-order valence-electron chi connectivity index (χ0n) is 7.84. The maximum atomic E-state index is 11.4. The fourth-order valence-electron chi connectivity index (χ4n) is 1.51. The Labute approximate surface area is 74.2 Å². The number of hydrogen-bond acceptors (Lipinski definition) is 1. The first-order valence-electron chi connectivity index (χ1n) is 4.56. The molecule has 0 spiro atoms. The summed E-state index contributed by atoms with van der Waals surface area (Å²) in [4.78, 5) is 11.4. The van der Waals surface area contributed by atoms with Gasteiger partial charge in [-0.1, -0.05) is 17.7 Å². The molecular formula is C11H16O. The van der Waals surface area contributed by atoms with Crippen molar-refractivity contribution in [3.8, 4) is 0 Å². The molecule has 0 radical (unpaired) electrons. The molecule has 66 valence electrons. The van der Waals surface area contributed by atoms with Crippen LogP contribution in [-0.4, -0.2) is 5.78 Å². The van der Waals surface area contributed by atoms with E-state index >= 15 is 0 Å². The standard InChI is InChI=1S/C11H16O/c1-3-4-5-10-7-6-9(2)8-11(10)12/h3-4,8,10H,5-7H2,1-2H3/b4-3+. The van der Waals surface area contributed by atoms with Gasteiger partial charge in [0, 0.05) is 5.92 Å². The lowest BCUT2D eigenvalue weighted by molar-refractivity contribution is -0.118. The minimum atomic E-state index is 0.255. The summed E-state index contributed by atoms with van der Waals surface area (Å²) in [7, 11) is 0. The van der Waals surface area contributed by atoms with Gasteiger partial charge in [-0.2, -0.15) is 0 Å². The largest absolute Gasteiger partial charge is 0.295 e. The molecule has 1 unspecified atom stereocenters. The van der Waals surface area contributed by atoms with Crippen LogP contribution in [-0.2, 0) is 4.79 Å². The SMILES string of the molecule is C/C=C/CC1CCC(C)=CC1=O. The van der Waals surface area contributed by atoms with Crippen molar-refractivity contribution in [2.75, 3.05) is 0 Å². The van der Waals surface area contributed by atoms with Gasteiger partial charge in [0.2, 0.25) is 0 Å². The van der Waals surface area contributed by atoms with E-state index in [-0.39, 0.29) is 5.92 Å². The lowest BCUT2D eigenvalue weighted by Crippen LogP contribution is -2.15. The monoisotopic (exact) mass is 164 g/mol. The molecule has 12 heavy (non-hydrogen) atoms. The molecule has 0 aromatic rings. The van der Waals surface area contributed by atoms with E-state index in [0.29, 0.717) is 5.78 Å². The Morgan fingerprint density at radius 1 is 1.67 bits per heavy atom. The van der Waals surface area contributed by atoms with Crippen LogP contribution in [0.4, 0.5) is 0 Å². The first-order chi connectivity index (χ1) is 5.74. The summed E-state index contributed by atoms with van der Waals surface area (Å²) in [6.07, 6.45) is 8.94. The maximum Gasteiger partial charge on any atom is 0.159 e. The fraction of sp³-hybridized carbons (Fsp3) is 0.545. The molecule has 0 heterocycles. The third-order valence-corrected chi connectivity index (χ3v) is 2.33. The average Bonchev–Trinajstić information content (AvgIpc) is 2.03. The Morgan fingerprint density at radius 3 is 3.00 bits per heavy atom. The van der Waals surface area contributed by atoms with Gasteiger partial charge in [0.15, 0.2) is 5.78 Å². The first-order valence-corrected chi connectivity index (χ1v) is 4.56. The van der Waals surface area contributed by atoms with Gasteiger partial charge in [0.1, 0.15) is 0 Å². The maximum absolute atomic E-state index is 11.4. The van der Waals surface area contributed by atoms with Gasteiger partial charge < -0.3 is 0 Å². The predicted molar refractivity (Wildman–Crippen MR) is 50.9 cm³/mol. The number of carbonyl (C=O) groups excluding carboxylic acids is 1. The van der Waals surface area contributed by atoms with E-state index in [1.54, 1.807) is 6.08 Å². The second-order valence-corrected chi connectivity index (χ2v) is 3.43. The summed E-state index contributed by atoms with van der Waals surface area (Å²) in [5.74, 6) is 0.571. The van der Waals surface area contributed by atoms with Crippen LogP contribution in [0, 0.1) is 5.92 Å². The van der Waals surface area contributed by atoms with Gasteiger partial charge in [-0.25, -0.2) is 0 Å². The predicted octanol–water partition coefficient (Wildman–Crippen LogP) is 2.88. The second kappa shape index (κ2) is 4.24. The molecule has 0 aromatic carbocycles. The van der Waals surface area contributed by atoms with Gasteiger partial charge >= 0.3 is 0 Å². The van der Waals surface area contributed by atoms with Crippen LogP contribution in [0.2, 0.25) is 0 Å². The molecule has 1 nitrogen and oxygen atoms in total. The van der Waals surface area contributed by atoms with Gasteiger partial charge in [0.25, 0.3) is 0 Å². The summed E-state index contributed by atoms with van der Waals surface area (Å²) < 4.78 is 0. The van der Waals surface area contributed by atoms with Crippen LogP contribution in [0.25, 0.3) is 0 Å². The van der Waals surface area contributed by atoms with E-state index in [9.17, 15) is 4.79 Å². The van der Waals surface area contributed by atoms with E-state index in [1.165, 1.54) is 5.57 Å². The zero-order valence-corrected chi connectivity index (χ0v) is 7.84. The smallest absolute Gasteiger partial charge is 0.159 e. The van der Waals surface area contributed by atoms with Gasteiger partial charge in [0.05, 0.1) is 0 Å². The van der Waals surface area contributed by atoms with Crippen molar-refractivity contribution in [3.05, 3.63) is 23.8 Å². The van der Waals surface area contributed by atoms with Crippen LogP contribution in [0.1, 0.15) is 33.1 Å². The van der Waals surface area contributed by atoms with E-state index in [0.717, 1.165) is 19.3 Å². The molecule has 1 aliphatic rings. The summed E-state index contributed by atoms with van der Waals surface area (Å²) in [5, 5.41) is 0. The van der Waals surface area contributed by atoms with Crippen LogP contribution in [0.5, 0.6) is 0 Å². The highest BCUT2D eigenvalue weighted by atomic mass is 16.1. The Balaban J connectivity index is 2.53. The molecule has 0 bridgehead atoms. The molecule has 0 saturated heterocycles. The minimum Gasteiger partial charge on any atom is -0.295 e. The van der Waals surface area contributed by atoms with Crippen LogP contribution < -0.4 is 0 Å². The fourth-order valence-corrected chi connectivity index (χ4v) is 1.51. The van der Waals surface area contributed by atoms with Crippen molar-refractivity contribution in [1.82, 2.24) is 0 Å². The molecule has 1 aliphatic carbocycles. The summed E-state index contributed by atoms with van der Waals surface area (Å²) >= 11 is 0. The third kappa shape index (κ3) is 2.33. The van der Waals surface area contributed by atoms with Crippen molar-refractivity contribution < 1.29 is 4.79 Å². The molecule has 0 aliphatic heterocycles. The highest BCUT2D eigenvalue weighted by Gasteiger charge is 2.18. The first kappa shape index (κ1) is 9.24. The molecule has 0 fully saturated rings. The number of carbonyl (C=O) groups is 1. The molecule has 1 heteroatoms. The number of hydrogen-bond donors (Lipinski definition) is 0. The third-order valence-electron chi connectivity index (χ3n) is 2.33. The topological polar surface area (TPSA) is 17.1 Å². The van der Waals surface area contributed by atoms with Crippen LogP contribution in [0.15, 0.2) is 23.8 Å². The Bertz CT molecular complexity index is 223. The molecule has 1 rings (SSSR count). The lowest BCUT2D eigenvalue weighted by Gasteiger charge is -2.17. The van der Waals surface area contributed by atoms with Crippen LogP contribution >= 0.6 is 0 Å². The van der Waals surface area contributed by atoms with Gasteiger partial charge in [-0.05, 0) is 39.2 Å². The minimum absolute atomic E-state index is 0.255. The Morgan fingerprint density at radius 2 is 2.42 bits per heavy atom. The molecule has 0 aromatic heterocycles. The molecular weight excluding hydrogens is 148 g/mol. The van der Waals surface area contributed by atoms with E-state index < -0.39 is 0 Å². The van der Waals surface area contributed by atoms with E-state index in [1.807, 2.05) is 19.9 Å². The van der Waals surface area contributed by atoms with Crippen molar-refractivity contribution in [2.45, 2.75) is 33.1 Å². The van der Waals surface area contributed by atoms with E-state index in [2.05, 4.69) is 6.08 Å². The van der Waals surface area contributed by atoms with Gasteiger partial charge in [-0.3, -0.25) is 4.79 Å².